The van der Waals surface area contributed by atoms with Crippen LogP contribution in [0.25, 0.3) is 65.7 Å². The summed E-state index contributed by atoms with van der Waals surface area (Å²) in [6.45, 7) is 4.74. The molecule has 10 rings (SSSR count). The highest BCUT2D eigenvalue weighted by atomic mass is 15.1. The smallest absolute Gasteiger partial charge is 0.0546 e. The largest absolute Gasteiger partial charge is 0.310 e. The summed E-state index contributed by atoms with van der Waals surface area (Å²) in [7, 11) is 0. The van der Waals surface area contributed by atoms with Gasteiger partial charge in [0, 0.05) is 22.4 Å². The van der Waals surface area contributed by atoms with Crippen LogP contribution in [0.5, 0.6) is 0 Å². The van der Waals surface area contributed by atoms with Gasteiger partial charge < -0.3 is 4.90 Å². The van der Waals surface area contributed by atoms with Gasteiger partial charge in [0.15, 0.2) is 0 Å². The van der Waals surface area contributed by atoms with Crippen LogP contribution in [0.2, 0.25) is 0 Å². The van der Waals surface area contributed by atoms with E-state index in [9.17, 15) is 0 Å². The third kappa shape index (κ3) is 4.85. The minimum atomic E-state index is -0.103. The predicted octanol–water partition coefficient (Wildman–Crippen LogP) is 14.3. The van der Waals surface area contributed by atoms with Gasteiger partial charge in [0.2, 0.25) is 0 Å². The summed E-state index contributed by atoms with van der Waals surface area (Å²) in [5.41, 5.74) is 13.5. The molecular weight excluding hydrogens is 627 g/mol. The molecule has 52 heavy (non-hydrogen) atoms. The molecule has 1 aliphatic carbocycles. The monoisotopic (exact) mass is 663 g/mol. The maximum Gasteiger partial charge on any atom is 0.0546 e. The molecule has 0 fully saturated rings. The van der Waals surface area contributed by atoms with Crippen molar-refractivity contribution >= 4 is 49.4 Å². The van der Waals surface area contributed by atoms with Crippen LogP contribution in [0.4, 0.5) is 17.1 Å². The number of nitrogens with zero attached hydrogens (tertiary/aromatic N) is 1. The molecule has 9 aromatic carbocycles. The Morgan fingerprint density at radius 1 is 0.365 bits per heavy atom. The molecule has 1 nitrogen and oxygen atoms in total. The van der Waals surface area contributed by atoms with E-state index in [4.69, 9.17) is 0 Å². The highest BCUT2D eigenvalue weighted by Gasteiger charge is 2.36. The van der Waals surface area contributed by atoms with Gasteiger partial charge in [-0.1, -0.05) is 153 Å². The average Bonchev–Trinajstić information content (AvgIpc) is 3.41. The van der Waals surface area contributed by atoms with Crippen molar-refractivity contribution in [3.8, 4) is 33.4 Å². The van der Waals surface area contributed by atoms with Crippen molar-refractivity contribution in [3.63, 3.8) is 0 Å². The zero-order valence-electron chi connectivity index (χ0n) is 29.3. The zero-order chi connectivity index (χ0) is 34.8. The van der Waals surface area contributed by atoms with Crippen molar-refractivity contribution in [1.29, 1.82) is 0 Å². The Hall–Kier alpha value is -6.44. The minimum Gasteiger partial charge on any atom is -0.310 e. The molecule has 0 saturated carbocycles. The summed E-state index contributed by atoms with van der Waals surface area (Å²) >= 11 is 0. The van der Waals surface area contributed by atoms with E-state index in [1.807, 2.05) is 0 Å². The van der Waals surface area contributed by atoms with Crippen LogP contribution >= 0.6 is 0 Å². The lowest BCUT2D eigenvalue weighted by atomic mass is 9.82. The molecule has 0 atom stereocenters. The summed E-state index contributed by atoms with van der Waals surface area (Å²) in [6.07, 6.45) is 0. The van der Waals surface area contributed by atoms with Crippen LogP contribution in [0.3, 0.4) is 0 Å². The minimum absolute atomic E-state index is 0.103. The lowest BCUT2D eigenvalue weighted by Crippen LogP contribution is -2.15. The first kappa shape index (κ1) is 30.4. The molecular formula is C51H37N. The molecule has 0 spiro atoms. The summed E-state index contributed by atoms with van der Waals surface area (Å²) in [5.74, 6) is 0. The lowest BCUT2D eigenvalue weighted by Gasteiger charge is -2.30. The van der Waals surface area contributed by atoms with Gasteiger partial charge in [-0.3, -0.25) is 0 Å². The second-order valence-corrected chi connectivity index (χ2v) is 14.6. The number of hydrogen-bond donors (Lipinski definition) is 0. The van der Waals surface area contributed by atoms with Crippen molar-refractivity contribution in [2.24, 2.45) is 0 Å². The van der Waals surface area contributed by atoms with Crippen molar-refractivity contribution in [2.45, 2.75) is 19.3 Å². The topological polar surface area (TPSA) is 3.24 Å². The third-order valence-corrected chi connectivity index (χ3v) is 11.2. The van der Waals surface area contributed by atoms with Crippen LogP contribution in [-0.2, 0) is 5.41 Å². The lowest BCUT2D eigenvalue weighted by molar-refractivity contribution is 0.661. The Bertz CT molecular complexity index is 2810. The normalized spacial score (nSPS) is 13.0. The first-order valence-corrected chi connectivity index (χ1v) is 18.2. The molecule has 0 bridgehead atoms. The molecule has 0 N–H and O–H groups in total. The fourth-order valence-electron chi connectivity index (χ4n) is 8.52. The maximum atomic E-state index is 2.47. The second-order valence-electron chi connectivity index (χ2n) is 14.6. The second kappa shape index (κ2) is 11.8. The molecule has 0 unspecified atom stereocenters. The molecule has 0 amide bonds. The van der Waals surface area contributed by atoms with Crippen LogP contribution in [0, 0.1) is 0 Å². The van der Waals surface area contributed by atoms with Crippen LogP contribution < -0.4 is 4.90 Å². The highest BCUT2D eigenvalue weighted by molar-refractivity contribution is 6.07. The first-order valence-electron chi connectivity index (χ1n) is 18.2. The number of fused-ring (bicyclic) bond motifs is 6. The molecule has 246 valence electrons. The molecule has 1 aliphatic rings. The molecule has 9 aromatic rings. The van der Waals surface area contributed by atoms with Gasteiger partial charge >= 0.3 is 0 Å². The first-order chi connectivity index (χ1) is 25.5. The summed E-state index contributed by atoms with van der Waals surface area (Å²) in [4.78, 5) is 2.47. The third-order valence-electron chi connectivity index (χ3n) is 11.2. The molecule has 0 saturated heterocycles. The fourth-order valence-corrected chi connectivity index (χ4v) is 8.52. The van der Waals surface area contributed by atoms with Gasteiger partial charge in [0.05, 0.1) is 5.69 Å². The molecule has 0 radical (unpaired) electrons. The highest BCUT2D eigenvalue weighted by Crippen LogP contribution is 2.53. The molecule has 1 heteroatoms. The van der Waals surface area contributed by atoms with E-state index in [-0.39, 0.29) is 5.41 Å². The fraction of sp³-hybridized carbons (Fsp3) is 0.0588. The Kier molecular flexibility index (Phi) is 6.91. The van der Waals surface area contributed by atoms with Gasteiger partial charge in [-0.2, -0.15) is 0 Å². The van der Waals surface area contributed by atoms with Crippen molar-refractivity contribution < 1.29 is 0 Å². The molecule has 0 heterocycles. The number of hydrogen-bond acceptors (Lipinski definition) is 1. The van der Waals surface area contributed by atoms with Gasteiger partial charge in [0.25, 0.3) is 0 Å². The Balaban J connectivity index is 1.23. The quantitative estimate of drug-likeness (QED) is 0.177. The van der Waals surface area contributed by atoms with Gasteiger partial charge in [-0.15, -0.1) is 0 Å². The van der Waals surface area contributed by atoms with Gasteiger partial charge in [-0.05, 0) is 120 Å². The van der Waals surface area contributed by atoms with Crippen molar-refractivity contribution in [2.75, 3.05) is 4.90 Å². The Labute approximate surface area is 305 Å². The van der Waals surface area contributed by atoms with E-state index < -0.39 is 0 Å². The summed E-state index contributed by atoms with van der Waals surface area (Å²) < 4.78 is 0. The Morgan fingerprint density at radius 3 is 1.69 bits per heavy atom. The summed E-state index contributed by atoms with van der Waals surface area (Å²) in [5, 5.41) is 7.51. The van der Waals surface area contributed by atoms with E-state index >= 15 is 0 Å². The number of benzene rings is 9. The van der Waals surface area contributed by atoms with Gasteiger partial charge in [-0.25, -0.2) is 0 Å². The predicted molar refractivity (Wildman–Crippen MR) is 222 cm³/mol. The SMILES string of the molecule is CC1(C)c2ccc(N(c3ccc(-c4ccccc4)cc3)c3ccc4ccccc4c3-c3ccc4ccccc4c3)cc2-c2cc3ccccc3cc21. The van der Waals surface area contributed by atoms with E-state index in [2.05, 4.69) is 207 Å². The van der Waals surface area contributed by atoms with E-state index in [0.717, 1.165) is 17.1 Å². The van der Waals surface area contributed by atoms with E-state index in [1.165, 1.54) is 76.8 Å². The summed E-state index contributed by atoms with van der Waals surface area (Å²) in [6, 6.07) is 69.3. The molecule has 0 aromatic heterocycles. The average molecular weight is 664 g/mol. The van der Waals surface area contributed by atoms with Crippen LogP contribution in [-0.4, -0.2) is 0 Å². The van der Waals surface area contributed by atoms with E-state index in [1.54, 1.807) is 0 Å². The Morgan fingerprint density at radius 2 is 0.923 bits per heavy atom. The van der Waals surface area contributed by atoms with E-state index in [0.29, 0.717) is 0 Å². The van der Waals surface area contributed by atoms with Crippen molar-refractivity contribution in [1.82, 2.24) is 0 Å². The van der Waals surface area contributed by atoms with Gasteiger partial charge in [0.1, 0.15) is 0 Å². The molecule has 0 aliphatic heterocycles. The number of anilines is 3. The maximum absolute atomic E-state index is 2.47. The van der Waals surface area contributed by atoms with Crippen LogP contribution in [0.15, 0.2) is 188 Å². The standard InChI is InChI=1S/C51H37N/c1-51(2)47-28-27-43(33-46(47)45-31-39-17-8-9-18-40(39)32-48(45)51)52(42-25-22-36(23-26-42)34-12-4-3-5-13-34)49-29-24-37-15-10-11-19-44(37)50(49)41-21-20-35-14-6-7-16-38(35)30-41/h3-33H,1-2H3. The zero-order valence-corrected chi connectivity index (χ0v) is 29.3. The van der Waals surface area contributed by atoms with Crippen molar-refractivity contribution in [3.05, 3.63) is 199 Å². The van der Waals surface area contributed by atoms with Crippen LogP contribution in [0.1, 0.15) is 25.0 Å². The number of rotatable bonds is 5.